The Kier molecular flexibility index (Phi) is 4.93. The molecule has 4 N–H and O–H groups in total. The first-order valence-electron chi connectivity index (χ1n) is 6.91. The van der Waals surface area contributed by atoms with Gasteiger partial charge in [-0.25, -0.2) is 9.97 Å². The molecule has 0 aromatic carbocycles. The van der Waals surface area contributed by atoms with E-state index in [1.54, 1.807) is 6.33 Å². The molecule has 0 radical (unpaired) electrons. The molecule has 106 valence electrons. The molecule has 6 heteroatoms. The lowest BCUT2D eigenvalue weighted by Crippen LogP contribution is -2.24. The van der Waals surface area contributed by atoms with E-state index in [0.29, 0.717) is 18.6 Å². The summed E-state index contributed by atoms with van der Waals surface area (Å²) in [5.74, 6) is 1.74. The van der Waals surface area contributed by atoms with Gasteiger partial charge in [-0.1, -0.05) is 0 Å². The van der Waals surface area contributed by atoms with Gasteiger partial charge in [-0.3, -0.25) is 0 Å². The summed E-state index contributed by atoms with van der Waals surface area (Å²) in [5.41, 5.74) is 5.55. The smallest absolute Gasteiger partial charge is 0.131 e. The summed E-state index contributed by atoms with van der Waals surface area (Å²) in [4.78, 5) is 10.8. The van der Waals surface area contributed by atoms with E-state index in [1.165, 1.54) is 0 Å². The second-order valence-electron chi connectivity index (χ2n) is 5.30. The van der Waals surface area contributed by atoms with Crippen molar-refractivity contribution in [3.05, 3.63) is 12.4 Å². The first kappa shape index (κ1) is 14.0. The zero-order valence-electron chi connectivity index (χ0n) is 11.8. The summed E-state index contributed by atoms with van der Waals surface area (Å²) in [6.45, 7) is 4.99. The predicted octanol–water partition coefficient (Wildman–Crippen LogP) is 0.742. The van der Waals surface area contributed by atoms with Crippen LogP contribution in [0.5, 0.6) is 0 Å². The number of anilines is 2. The Morgan fingerprint density at radius 1 is 1.47 bits per heavy atom. The van der Waals surface area contributed by atoms with Crippen LogP contribution in [0.2, 0.25) is 0 Å². The van der Waals surface area contributed by atoms with E-state index in [-0.39, 0.29) is 0 Å². The standard InChI is InChI=1S/C13H24N6/c1-10(3-5-14)17-12-7-13(16-9-15-12)18-11-4-6-19(2)8-11/h7,9-11H,3-6,8,14H2,1-2H3,(H2,15,16,17,18). The molecule has 2 rings (SSSR count). The van der Waals surface area contributed by atoms with E-state index in [0.717, 1.165) is 37.6 Å². The zero-order chi connectivity index (χ0) is 13.7. The summed E-state index contributed by atoms with van der Waals surface area (Å²) in [5, 5.41) is 6.79. The summed E-state index contributed by atoms with van der Waals surface area (Å²) >= 11 is 0. The van der Waals surface area contributed by atoms with E-state index in [9.17, 15) is 0 Å². The quantitative estimate of drug-likeness (QED) is 0.703. The minimum absolute atomic E-state index is 0.324. The number of aromatic nitrogens is 2. The van der Waals surface area contributed by atoms with Gasteiger partial charge in [-0.15, -0.1) is 0 Å². The second kappa shape index (κ2) is 6.68. The van der Waals surface area contributed by atoms with Gasteiger partial charge in [-0.2, -0.15) is 0 Å². The van der Waals surface area contributed by atoms with E-state index in [4.69, 9.17) is 5.73 Å². The maximum atomic E-state index is 5.55. The molecule has 6 nitrogen and oxygen atoms in total. The third-order valence-electron chi connectivity index (χ3n) is 3.40. The van der Waals surface area contributed by atoms with Gasteiger partial charge in [0, 0.05) is 24.7 Å². The topological polar surface area (TPSA) is 79.1 Å². The summed E-state index contributed by atoms with van der Waals surface area (Å²) in [6.07, 6.45) is 3.69. The number of nitrogens with zero attached hydrogens (tertiary/aromatic N) is 3. The van der Waals surface area contributed by atoms with Crippen LogP contribution in [0.1, 0.15) is 19.8 Å². The van der Waals surface area contributed by atoms with Gasteiger partial charge >= 0.3 is 0 Å². The van der Waals surface area contributed by atoms with E-state index < -0.39 is 0 Å². The fraction of sp³-hybridized carbons (Fsp3) is 0.692. The van der Waals surface area contributed by atoms with Gasteiger partial charge in [0.25, 0.3) is 0 Å². The Labute approximate surface area is 114 Å². The molecule has 2 atom stereocenters. The Hall–Kier alpha value is -1.40. The minimum atomic E-state index is 0.324. The molecule has 2 heterocycles. The van der Waals surface area contributed by atoms with Gasteiger partial charge in [0.2, 0.25) is 0 Å². The highest BCUT2D eigenvalue weighted by molar-refractivity contribution is 5.47. The first-order chi connectivity index (χ1) is 9.17. The van der Waals surface area contributed by atoms with E-state index in [2.05, 4.69) is 39.5 Å². The Bertz CT molecular complexity index is 396. The Morgan fingerprint density at radius 2 is 2.26 bits per heavy atom. The third-order valence-corrected chi connectivity index (χ3v) is 3.40. The number of rotatable bonds is 6. The predicted molar refractivity (Wildman–Crippen MR) is 78.3 cm³/mol. The highest BCUT2D eigenvalue weighted by atomic mass is 15.2. The number of likely N-dealkylation sites (tertiary alicyclic amines) is 1. The summed E-state index contributed by atoms with van der Waals surface area (Å²) < 4.78 is 0. The summed E-state index contributed by atoms with van der Waals surface area (Å²) in [7, 11) is 2.14. The molecule has 1 aliphatic heterocycles. The van der Waals surface area contributed by atoms with Crippen molar-refractivity contribution in [3.63, 3.8) is 0 Å². The van der Waals surface area contributed by atoms with E-state index in [1.807, 2.05) is 6.07 Å². The van der Waals surface area contributed by atoms with E-state index >= 15 is 0 Å². The molecule has 0 aliphatic carbocycles. The van der Waals surface area contributed by atoms with Crippen molar-refractivity contribution >= 4 is 11.6 Å². The number of hydrogen-bond acceptors (Lipinski definition) is 6. The first-order valence-corrected chi connectivity index (χ1v) is 6.91. The molecule has 0 saturated carbocycles. The molecule has 2 unspecified atom stereocenters. The molecule has 19 heavy (non-hydrogen) atoms. The van der Waals surface area contributed by atoms with Crippen LogP contribution in [-0.2, 0) is 0 Å². The van der Waals surface area contributed by atoms with Gasteiger partial charge in [-0.05, 0) is 39.9 Å². The zero-order valence-corrected chi connectivity index (χ0v) is 11.8. The molecule has 1 aromatic rings. The normalized spacial score (nSPS) is 21.3. The van der Waals surface area contributed by atoms with Crippen molar-refractivity contribution in [3.8, 4) is 0 Å². The average molecular weight is 264 g/mol. The number of nitrogens with two attached hydrogens (primary N) is 1. The van der Waals surface area contributed by atoms with Crippen molar-refractivity contribution in [2.45, 2.75) is 31.8 Å². The van der Waals surface area contributed by atoms with Gasteiger partial charge in [0.05, 0.1) is 0 Å². The minimum Gasteiger partial charge on any atom is -0.367 e. The van der Waals surface area contributed by atoms with Crippen LogP contribution >= 0.6 is 0 Å². The van der Waals surface area contributed by atoms with Crippen LogP contribution in [0, 0.1) is 0 Å². The monoisotopic (exact) mass is 264 g/mol. The lowest BCUT2D eigenvalue weighted by Gasteiger charge is -2.16. The maximum Gasteiger partial charge on any atom is 0.131 e. The second-order valence-corrected chi connectivity index (χ2v) is 5.30. The molecular formula is C13H24N6. The molecule has 1 fully saturated rings. The van der Waals surface area contributed by atoms with Gasteiger partial charge < -0.3 is 21.3 Å². The fourth-order valence-electron chi connectivity index (χ4n) is 2.35. The largest absolute Gasteiger partial charge is 0.367 e. The van der Waals surface area contributed by atoms with Crippen molar-refractivity contribution in [1.29, 1.82) is 0 Å². The highest BCUT2D eigenvalue weighted by Gasteiger charge is 2.19. The van der Waals surface area contributed by atoms with Crippen LogP contribution < -0.4 is 16.4 Å². The molecule has 0 amide bonds. The lowest BCUT2D eigenvalue weighted by molar-refractivity contribution is 0.414. The number of hydrogen-bond donors (Lipinski definition) is 3. The average Bonchev–Trinajstić information content (AvgIpc) is 2.75. The molecule has 0 spiro atoms. The molecule has 1 aromatic heterocycles. The molecule has 1 saturated heterocycles. The van der Waals surface area contributed by atoms with Crippen molar-refractivity contribution in [2.75, 3.05) is 37.3 Å². The van der Waals surface area contributed by atoms with Crippen LogP contribution in [-0.4, -0.2) is 53.6 Å². The molecule has 1 aliphatic rings. The van der Waals surface area contributed by atoms with Crippen LogP contribution in [0.25, 0.3) is 0 Å². The van der Waals surface area contributed by atoms with Crippen LogP contribution in [0.4, 0.5) is 11.6 Å². The SMILES string of the molecule is CC(CCN)Nc1cc(NC2CCN(C)C2)ncn1. The number of nitrogens with one attached hydrogen (secondary N) is 2. The van der Waals surface area contributed by atoms with Crippen LogP contribution in [0.3, 0.4) is 0 Å². The highest BCUT2D eigenvalue weighted by Crippen LogP contribution is 2.15. The molecule has 0 bridgehead atoms. The lowest BCUT2D eigenvalue weighted by atomic mass is 10.2. The van der Waals surface area contributed by atoms with Gasteiger partial charge in [0.15, 0.2) is 0 Å². The molecular weight excluding hydrogens is 240 g/mol. The van der Waals surface area contributed by atoms with Crippen molar-refractivity contribution in [1.82, 2.24) is 14.9 Å². The Balaban J connectivity index is 1.91. The summed E-state index contributed by atoms with van der Waals surface area (Å²) in [6, 6.07) is 2.77. The van der Waals surface area contributed by atoms with Crippen molar-refractivity contribution in [2.24, 2.45) is 5.73 Å². The van der Waals surface area contributed by atoms with Gasteiger partial charge in [0.1, 0.15) is 18.0 Å². The van der Waals surface area contributed by atoms with Crippen molar-refractivity contribution < 1.29 is 0 Å². The maximum absolute atomic E-state index is 5.55. The number of likely N-dealkylation sites (N-methyl/N-ethyl adjacent to an activating group) is 1. The fourth-order valence-corrected chi connectivity index (χ4v) is 2.35. The third kappa shape index (κ3) is 4.33. The Morgan fingerprint density at radius 3 is 2.95 bits per heavy atom. The van der Waals surface area contributed by atoms with Crippen LogP contribution in [0.15, 0.2) is 12.4 Å².